The smallest absolute Gasteiger partial charge is 0.308 e. The fourth-order valence-corrected chi connectivity index (χ4v) is 1.71. The molecule has 1 fully saturated rings. The summed E-state index contributed by atoms with van der Waals surface area (Å²) in [5.41, 5.74) is 0.271. The van der Waals surface area contributed by atoms with Gasteiger partial charge in [-0.05, 0) is 24.7 Å². The van der Waals surface area contributed by atoms with Crippen molar-refractivity contribution in [2.24, 2.45) is 11.3 Å². The van der Waals surface area contributed by atoms with Crippen LogP contribution < -0.4 is 0 Å². The first-order valence-electron chi connectivity index (χ1n) is 4.72. The molecule has 1 unspecified atom stereocenters. The maximum atomic E-state index is 11.3. The Kier molecular flexibility index (Phi) is 2.76. The van der Waals surface area contributed by atoms with Gasteiger partial charge in [-0.25, -0.2) is 0 Å². The number of ether oxygens (including phenoxy) is 1. The molecule has 1 aliphatic rings. The molecular weight excluding hydrogens is 152 g/mol. The first-order valence-corrected chi connectivity index (χ1v) is 4.72. The summed E-state index contributed by atoms with van der Waals surface area (Å²) in [7, 11) is 0. The largest absolute Gasteiger partial charge is 0.465 e. The lowest BCUT2D eigenvalue weighted by molar-refractivity contribution is -0.147. The molecule has 2 nitrogen and oxygen atoms in total. The van der Waals surface area contributed by atoms with E-state index in [0.717, 1.165) is 19.3 Å². The van der Waals surface area contributed by atoms with Gasteiger partial charge in [0.1, 0.15) is 0 Å². The maximum Gasteiger partial charge on any atom is 0.308 e. The fourth-order valence-electron chi connectivity index (χ4n) is 1.71. The van der Waals surface area contributed by atoms with Crippen LogP contribution in [-0.4, -0.2) is 12.6 Å². The van der Waals surface area contributed by atoms with E-state index in [4.69, 9.17) is 4.74 Å². The zero-order valence-corrected chi connectivity index (χ0v) is 8.22. The molecule has 0 aromatic carbocycles. The van der Waals surface area contributed by atoms with Crippen LogP contribution in [-0.2, 0) is 9.53 Å². The second-order valence-electron chi connectivity index (χ2n) is 4.39. The average Bonchev–Trinajstić information content (AvgIpc) is 2.10. The molecule has 12 heavy (non-hydrogen) atoms. The zero-order valence-electron chi connectivity index (χ0n) is 8.22. The third kappa shape index (κ3) is 2.23. The van der Waals surface area contributed by atoms with Crippen LogP contribution in [0.25, 0.3) is 0 Å². The van der Waals surface area contributed by atoms with E-state index in [0.29, 0.717) is 6.61 Å². The summed E-state index contributed by atoms with van der Waals surface area (Å²) in [4.78, 5) is 11.3. The maximum absolute atomic E-state index is 11.3. The molecule has 0 N–H and O–H groups in total. The van der Waals surface area contributed by atoms with E-state index < -0.39 is 0 Å². The van der Waals surface area contributed by atoms with Gasteiger partial charge in [-0.2, -0.15) is 0 Å². The highest BCUT2D eigenvalue weighted by Gasteiger charge is 2.31. The third-order valence-electron chi connectivity index (χ3n) is 2.65. The van der Waals surface area contributed by atoms with Gasteiger partial charge in [0.2, 0.25) is 0 Å². The van der Waals surface area contributed by atoms with E-state index in [-0.39, 0.29) is 17.3 Å². The molecule has 0 amide bonds. The lowest BCUT2D eigenvalue weighted by Crippen LogP contribution is -2.19. The summed E-state index contributed by atoms with van der Waals surface area (Å²) < 4.78 is 5.10. The van der Waals surface area contributed by atoms with Gasteiger partial charge in [0, 0.05) is 0 Å². The SMILES string of the molecule is CCC1CC(C)(C)CCOC1=O. The highest BCUT2D eigenvalue weighted by atomic mass is 16.5. The molecular formula is C10H18O2. The van der Waals surface area contributed by atoms with Gasteiger partial charge in [-0.1, -0.05) is 20.8 Å². The fraction of sp³-hybridized carbons (Fsp3) is 0.900. The molecule has 0 spiro atoms. The summed E-state index contributed by atoms with van der Waals surface area (Å²) in [6.07, 6.45) is 2.87. The van der Waals surface area contributed by atoms with E-state index >= 15 is 0 Å². The zero-order chi connectivity index (χ0) is 9.19. The number of rotatable bonds is 1. The molecule has 2 heteroatoms. The van der Waals surface area contributed by atoms with Gasteiger partial charge in [-0.3, -0.25) is 4.79 Å². The van der Waals surface area contributed by atoms with Crippen molar-refractivity contribution in [2.45, 2.75) is 40.0 Å². The number of cyclic esters (lactones) is 1. The van der Waals surface area contributed by atoms with Gasteiger partial charge < -0.3 is 4.74 Å². The Morgan fingerprint density at radius 2 is 2.25 bits per heavy atom. The van der Waals surface area contributed by atoms with Gasteiger partial charge in [-0.15, -0.1) is 0 Å². The van der Waals surface area contributed by atoms with Crippen LogP contribution in [0.3, 0.4) is 0 Å². The van der Waals surface area contributed by atoms with Crippen molar-refractivity contribution in [2.75, 3.05) is 6.61 Å². The van der Waals surface area contributed by atoms with Crippen molar-refractivity contribution in [1.29, 1.82) is 0 Å². The van der Waals surface area contributed by atoms with Crippen molar-refractivity contribution >= 4 is 5.97 Å². The summed E-state index contributed by atoms with van der Waals surface area (Å²) >= 11 is 0. The minimum Gasteiger partial charge on any atom is -0.465 e. The number of carbonyl (C=O) groups is 1. The Bertz CT molecular complexity index is 173. The predicted octanol–water partition coefficient (Wildman–Crippen LogP) is 2.38. The molecule has 70 valence electrons. The number of hydrogen-bond acceptors (Lipinski definition) is 2. The summed E-state index contributed by atoms with van der Waals surface area (Å²) in [5.74, 6) is 0.130. The van der Waals surface area contributed by atoms with Gasteiger partial charge in [0.05, 0.1) is 12.5 Å². The van der Waals surface area contributed by atoms with Crippen LogP contribution in [0.1, 0.15) is 40.0 Å². The lowest BCUT2D eigenvalue weighted by atomic mass is 9.80. The first kappa shape index (κ1) is 9.56. The van der Waals surface area contributed by atoms with Crippen molar-refractivity contribution < 1.29 is 9.53 Å². The second kappa shape index (κ2) is 3.46. The Morgan fingerprint density at radius 1 is 1.58 bits per heavy atom. The predicted molar refractivity (Wildman–Crippen MR) is 47.8 cm³/mol. The number of esters is 1. The van der Waals surface area contributed by atoms with E-state index in [1.807, 2.05) is 6.92 Å². The van der Waals surface area contributed by atoms with Crippen LogP contribution in [0, 0.1) is 11.3 Å². The molecule has 1 heterocycles. The van der Waals surface area contributed by atoms with Crippen LogP contribution in [0.15, 0.2) is 0 Å². The summed E-state index contributed by atoms with van der Waals surface area (Å²) in [5, 5.41) is 0. The van der Waals surface area contributed by atoms with Crippen LogP contribution in [0.4, 0.5) is 0 Å². The molecule has 0 aliphatic carbocycles. The summed E-state index contributed by atoms with van der Waals surface area (Å²) in [6, 6.07) is 0. The average molecular weight is 170 g/mol. The Hall–Kier alpha value is -0.530. The second-order valence-corrected chi connectivity index (χ2v) is 4.39. The Labute approximate surface area is 74.3 Å². The molecule has 0 saturated carbocycles. The van der Waals surface area contributed by atoms with Crippen molar-refractivity contribution in [3.8, 4) is 0 Å². The number of carbonyl (C=O) groups excluding carboxylic acids is 1. The highest BCUT2D eigenvalue weighted by molar-refractivity contribution is 5.72. The van der Waals surface area contributed by atoms with Gasteiger partial charge in [0.15, 0.2) is 0 Å². The van der Waals surface area contributed by atoms with Crippen LogP contribution >= 0.6 is 0 Å². The van der Waals surface area contributed by atoms with E-state index in [9.17, 15) is 4.79 Å². The van der Waals surface area contributed by atoms with E-state index in [1.54, 1.807) is 0 Å². The van der Waals surface area contributed by atoms with Crippen molar-refractivity contribution in [3.63, 3.8) is 0 Å². The molecule has 1 rings (SSSR count). The Balaban J connectivity index is 2.65. The van der Waals surface area contributed by atoms with Gasteiger partial charge in [0.25, 0.3) is 0 Å². The van der Waals surface area contributed by atoms with Crippen LogP contribution in [0.2, 0.25) is 0 Å². The number of hydrogen-bond donors (Lipinski definition) is 0. The van der Waals surface area contributed by atoms with E-state index in [1.165, 1.54) is 0 Å². The highest BCUT2D eigenvalue weighted by Crippen LogP contribution is 2.33. The lowest BCUT2D eigenvalue weighted by Gasteiger charge is -2.23. The molecule has 0 aromatic heterocycles. The van der Waals surface area contributed by atoms with E-state index in [2.05, 4.69) is 13.8 Å². The molecule has 1 aliphatic heterocycles. The minimum absolute atomic E-state index is 0.00285. The minimum atomic E-state index is 0.00285. The normalized spacial score (nSPS) is 29.2. The van der Waals surface area contributed by atoms with Gasteiger partial charge >= 0.3 is 5.97 Å². The topological polar surface area (TPSA) is 26.3 Å². The quantitative estimate of drug-likeness (QED) is 0.565. The monoisotopic (exact) mass is 170 g/mol. The molecule has 1 saturated heterocycles. The standard InChI is InChI=1S/C10H18O2/c1-4-8-7-10(2,3)5-6-12-9(8)11/h8H,4-7H2,1-3H3. The van der Waals surface area contributed by atoms with Crippen LogP contribution in [0.5, 0.6) is 0 Å². The van der Waals surface area contributed by atoms with Crippen molar-refractivity contribution in [1.82, 2.24) is 0 Å². The molecule has 0 radical (unpaired) electrons. The van der Waals surface area contributed by atoms with Crippen molar-refractivity contribution in [3.05, 3.63) is 0 Å². The third-order valence-corrected chi connectivity index (χ3v) is 2.65. The summed E-state index contributed by atoms with van der Waals surface area (Å²) in [6.45, 7) is 7.06. The molecule has 0 aromatic rings. The Morgan fingerprint density at radius 3 is 2.83 bits per heavy atom. The molecule has 1 atom stereocenters. The molecule has 0 bridgehead atoms. The first-order chi connectivity index (χ1) is 5.55.